The third-order valence-electron chi connectivity index (χ3n) is 5.47. The lowest BCUT2D eigenvalue weighted by Crippen LogP contribution is -2.41. The van der Waals surface area contributed by atoms with Crippen molar-refractivity contribution in [3.8, 4) is 11.5 Å². The molecule has 10 nitrogen and oxygen atoms in total. The normalized spacial score (nSPS) is 12.5. The summed E-state index contributed by atoms with van der Waals surface area (Å²) < 4.78 is 100. The van der Waals surface area contributed by atoms with Gasteiger partial charge in [-0.2, -0.15) is 12.7 Å². The van der Waals surface area contributed by atoms with Gasteiger partial charge in [0, 0.05) is 17.1 Å². The number of nitrogens with zero attached hydrogens (tertiary/aromatic N) is 1. The molecule has 0 atom stereocenters. The Bertz CT molecular complexity index is 1410. The number of carbonyl (C=O) groups is 1. The van der Waals surface area contributed by atoms with Crippen LogP contribution in [0.2, 0.25) is 0 Å². The van der Waals surface area contributed by atoms with Crippen molar-refractivity contribution in [3.63, 3.8) is 0 Å². The first-order valence-electron chi connectivity index (χ1n) is 13.6. The van der Waals surface area contributed by atoms with E-state index < -0.39 is 62.9 Å². The van der Waals surface area contributed by atoms with Gasteiger partial charge in [-0.1, -0.05) is 6.92 Å². The molecule has 1 amide bonds. The highest BCUT2D eigenvalue weighted by molar-refractivity contribution is 7.92. The molecule has 1 heterocycles. The molecule has 0 spiro atoms. The monoisotopic (exact) mass is 711 g/mol. The Morgan fingerprint density at radius 2 is 1.47 bits per heavy atom. The number of hydrogen-bond acceptors (Lipinski definition) is 10. The number of benzene rings is 1. The maximum absolute atomic E-state index is 16.1. The van der Waals surface area contributed by atoms with Gasteiger partial charge in [0.15, 0.2) is 11.6 Å². The molecule has 0 aliphatic carbocycles. The van der Waals surface area contributed by atoms with Gasteiger partial charge in [-0.05, 0) is 59.4 Å². The molecule has 2 aromatic rings. The van der Waals surface area contributed by atoms with Crippen molar-refractivity contribution >= 4 is 68.3 Å². The largest absolute Gasteiger partial charge is 0.487 e. The van der Waals surface area contributed by atoms with Gasteiger partial charge in [0.1, 0.15) is 16.1 Å². The van der Waals surface area contributed by atoms with Crippen molar-refractivity contribution in [1.82, 2.24) is 4.31 Å². The van der Waals surface area contributed by atoms with E-state index in [1.807, 2.05) is 0 Å². The summed E-state index contributed by atoms with van der Waals surface area (Å²) in [6.07, 6.45) is -1.86. The second kappa shape index (κ2) is 16.2. The fraction of sp³-hybridized carbons (Fsp3) is 0.654. The van der Waals surface area contributed by atoms with E-state index in [2.05, 4.69) is 0 Å². The zero-order valence-electron chi connectivity index (χ0n) is 25.0. The molecular formula is C26H38Cl2F2NO9PS2. The number of ether oxygens (including phenoxy) is 3. The van der Waals surface area contributed by atoms with Crippen LogP contribution in [0.1, 0.15) is 59.9 Å². The molecular weight excluding hydrogens is 674 g/mol. The van der Waals surface area contributed by atoms with Crippen LogP contribution >= 0.6 is 42.1 Å². The molecule has 0 bridgehead atoms. The second-order valence-corrected chi connectivity index (χ2v) is 15.8. The predicted octanol–water partition coefficient (Wildman–Crippen LogP) is 7.91. The molecule has 0 saturated carbocycles. The lowest BCUT2D eigenvalue weighted by molar-refractivity contribution is 0.0399. The van der Waals surface area contributed by atoms with Gasteiger partial charge < -0.3 is 23.3 Å². The molecule has 0 aliphatic heterocycles. The molecule has 17 heteroatoms. The van der Waals surface area contributed by atoms with Crippen LogP contribution in [-0.4, -0.2) is 68.9 Å². The molecule has 1 aromatic carbocycles. The van der Waals surface area contributed by atoms with Crippen LogP contribution in [0.15, 0.2) is 4.21 Å². The van der Waals surface area contributed by atoms with Gasteiger partial charge >= 0.3 is 13.7 Å². The number of sulfonamides is 1. The highest BCUT2D eigenvalue weighted by Crippen LogP contribution is 2.51. The van der Waals surface area contributed by atoms with Crippen molar-refractivity contribution in [2.45, 2.75) is 70.6 Å². The average molecular weight is 713 g/mol. The molecule has 0 N–H and O–H groups in total. The number of alkyl halides is 2. The number of carbonyl (C=O) groups excluding carboxylic acids is 1. The summed E-state index contributed by atoms with van der Waals surface area (Å²) in [5.41, 5.74) is -1.27. The number of hydrogen-bond donors (Lipinski definition) is 0. The topological polar surface area (TPSA) is 118 Å². The van der Waals surface area contributed by atoms with Gasteiger partial charge in [-0.15, -0.1) is 34.5 Å². The number of thiophene rings is 1. The summed E-state index contributed by atoms with van der Waals surface area (Å²) in [5, 5.41) is -0.351. The van der Waals surface area contributed by atoms with E-state index >= 15 is 8.78 Å². The van der Waals surface area contributed by atoms with Crippen molar-refractivity contribution in [3.05, 3.63) is 17.2 Å². The fourth-order valence-corrected chi connectivity index (χ4v) is 9.50. The molecule has 2 rings (SSSR count). The zero-order chi connectivity index (χ0) is 32.6. The first-order chi connectivity index (χ1) is 20.1. The Kier molecular flexibility index (Phi) is 14.3. The maximum Gasteiger partial charge on any atom is 0.424 e. The Hall–Kier alpha value is -1.41. The Morgan fingerprint density at radius 3 is 1.91 bits per heavy atom. The lowest BCUT2D eigenvalue weighted by Gasteiger charge is -2.29. The van der Waals surface area contributed by atoms with Gasteiger partial charge in [0.25, 0.3) is 10.0 Å². The molecule has 246 valence electrons. The summed E-state index contributed by atoms with van der Waals surface area (Å²) in [6, 6.07) is 0. The van der Waals surface area contributed by atoms with Crippen molar-refractivity contribution in [1.29, 1.82) is 0 Å². The molecule has 0 aliphatic rings. The van der Waals surface area contributed by atoms with Crippen molar-refractivity contribution < 1.29 is 49.8 Å². The minimum Gasteiger partial charge on any atom is -0.487 e. The van der Waals surface area contributed by atoms with Crippen LogP contribution in [0.3, 0.4) is 0 Å². The predicted molar refractivity (Wildman–Crippen MR) is 164 cm³/mol. The number of rotatable bonds is 17. The third-order valence-corrected chi connectivity index (χ3v) is 11.6. The van der Waals surface area contributed by atoms with E-state index in [-0.39, 0.29) is 64.6 Å². The molecule has 0 unspecified atom stereocenters. The summed E-state index contributed by atoms with van der Waals surface area (Å²) in [6.45, 7) is 8.76. The van der Waals surface area contributed by atoms with E-state index in [9.17, 15) is 17.8 Å². The van der Waals surface area contributed by atoms with Crippen LogP contribution in [0, 0.1) is 11.6 Å². The smallest absolute Gasteiger partial charge is 0.424 e. The summed E-state index contributed by atoms with van der Waals surface area (Å²) in [5.74, 6) is -2.78. The molecule has 0 fully saturated rings. The van der Waals surface area contributed by atoms with Gasteiger partial charge in [0.2, 0.25) is 11.5 Å². The van der Waals surface area contributed by atoms with Crippen molar-refractivity contribution in [2.24, 2.45) is 0 Å². The van der Waals surface area contributed by atoms with E-state index in [1.165, 1.54) is 34.6 Å². The number of fused-ring (bicyclic) bond motifs is 1. The number of amides is 1. The molecule has 0 saturated heterocycles. The maximum atomic E-state index is 16.1. The summed E-state index contributed by atoms with van der Waals surface area (Å²) in [4.78, 5) is 13.3. The van der Waals surface area contributed by atoms with Crippen LogP contribution in [0.4, 0.5) is 13.6 Å². The molecule has 1 aromatic heterocycles. The van der Waals surface area contributed by atoms with E-state index in [4.69, 9.17) is 46.5 Å². The van der Waals surface area contributed by atoms with Crippen LogP contribution in [0.5, 0.6) is 11.5 Å². The van der Waals surface area contributed by atoms with E-state index in [0.717, 1.165) is 0 Å². The highest BCUT2D eigenvalue weighted by atomic mass is 35.5. The zero-order valence-corrected chi connectivity index (χ0v) is 29.0. The van der Waals surface area contributed by atoms with Gasteiger partial charge in [-0.3, -0.25) is 4.57 Å². The third kappa shape index (κ3) is 9.31. The number of halogens is 4. The molecule has 43 heavy (non-hydrogen) atoms. The van der Waals surface area contributed by atoms with Crippen molar-refractivity contribution in [2.75, 3.05) is 44.5 Å². The average Bonchev–Trinajstić information content (AvgIpc) is 3.32. The summed E-state index contributed by atoms with van der Waals surface area (Å²) >= 11 is 11.8. The SMILES string of the molecule is CCOP(=O)(CN(C(=O)OC(C)(C)C)S(=O)(=O)c1sc2c(F)c(OCCCCl)c(OCCCCl)c(F)c2c1CC)OCC. The quantitative estimate of drug-likeness (QED) is 0.0916. The second-order valence-electron chi connectivity index (χ2n) is 9.92. The van der Waals surface area contributed by atoms with Crippen LogP contribution in [0.25, 0.3) is 10.1 Å². The van der Waals surface area contributed by atoms with E-state index in [1.54, 1.807) is 6.92 Å². The van der Waals surface area contributed by atoms with Gasteiger partial charge in [0.05, 0.1) is 31.1 Å². The minimum absolute atomic E-state index is 0.0645. The summed E-state index contributed by atoms with van der Waals surface area (Å²) in [7, 11) is -9.15. The van der Waals surface area contributed by atoms with Crippen LogP contribution in [-0.2, 0) is 34.8 Å². The fourth-order valence-electron chi connectivity index (χ4n) is 3.81. The highest BCUT2D eigenvalue weighted by Gasteiger charge is 2.43. The number of aryl methyl sites for hydroxylation is 1. The van der Waals surface area contributed by atoms with E-state index in [0.29, 0.717) is 24.2 Å². The molecule has 0 radical (unpaired) electrons. The minimum atomic E-state index is -4.95. The first kappa shape index (κ1) is 37.8. The van der Waals surface area contributed by atoms with Gasteiger partial charge in [-0.25, -0.2) is 13.6 Å². The Morgan fingerprint density at radius 1 is 0.953 bits per heavy atom. The lowest BCUT2D eigenvalue weighted by atomic mass is 10.1. The van der Waals surface area contributed by atoms with Crippen LogP contribution < -0.4 is 9.47 Å². The Balaban J connectivity index is 2.88. The Labute approximate surface area is 265 Å². The standard InChI is InChI=1S/C26H38Cl2F2NO9PS2/c1-7-17-18-19(29)21(36-14-10-12-27)22(37-15-11-13-28)20(30)23(18)42-24(17)43(34,35)31(25(32)40-26(4,5)6)16-41(33,38-8-2)39-9-3/h7-16H2,1-6H3. The first-order valence-corrected chi connectivity index (χ1v) is 18.6.